The fourth-order valence-electron chi connectivity index (χ4n) is 5.33. The predicted octanol–water partition coefficient (Wildman–Crippen LogP) is 2.75. The van der Waals surface area contributed by atoms with Crippen LogP contribution in [0.25, 0.3) is 0 Å². The number of aliphatic hydroxyl groups is 2. The highest BCUT2D eigenvalue weighted by Crippen LogP contribution is 2.45. The van der Waals surface area contributed by atoms with Gasteiger partial charge in [-0.3, -0.25) is 9.88 Å². The highest BCUT2D eigenvalue weighted by molar-refractivity contribution is 5.30. The van der Waals surface area contributed by atoms with Crippen LogP contribution >= 0.6 is 0 Å². The Kier molecular flexibility index (Phi) is 5.17. The van der Waals surface area contributed by atoms with E-state index in [9.17, 15) is 15.3 Å². The second-order valence-electron chi connectivity index (χ2n) is 9.00. The number of hydrogen-bond acceptors (Lipinski definition) is 5. The second-order valence-corrected chi connectivity index (χ2v) is 9.00. The van der Waals surface area contributed by atoms with E-state index in [-0.39, 0.29) is 5.75 Å². The van der Waals surface area contributed by atoms with Crippen molar-refractivity contribution in [1.82, 2.24) is 9.88 Å². The topological polar surface area (TPSA) is 76.8 Å². The smallest absolute Gasteiger partial charge is 0.133 e. The largest absolute Gasteiger partial charge is 0.506 e. The van der Waals surface area contributed by atoms with Gasteiger partial charge < -0.3 is 15.3 Å². The van der Waals surface area contributed by atoms with Crippen molar-refractivity contribution in [2.45, 2.75) is 44.8 Å². The predicted molar refractivity (Wildman–Crippen MR) is 108 cm³/mol. The zero-order chi connectivity index (χ0) is 19.9. The van der Waals surface area contributed by atoms with Gasteiger partial charge in [-0.25, -0.2) is 0 Å². The van der Waals surface area contributed by atoms with Crippen LogP contribution in [0, 0.1) is 25.7 Å². The summed E-state index contributed by atoms with van der Waals surface area (Å²) in [4.78, 5) is 6.39. The Morgan fingerprint density at radius 3 is 2.32 bits per heavy atom. The molecule has 2 aromatic rings. The van der Waals surface area contributed by atoms with Crippen LogP contribution in [0.1, 0.15) is 41.3 Å². The number of pyridine rings is 1. The molecule has 0 spiro atoms. The molecule has 150 valence electrons. The molecule has 2 fully saturated rings. The number of fused-ring (bicyclic) bond motifs is 1. The molecule has 5 heteroatoms. The van der Waals surface area contributed by atoms with E-state index in [2.05, 4.69) is 41.9 Å². The lowest BCUT2D eigenvalue weighted by Crippen LogP contribution is -2.33. The van der Waals surface area contributed by atoms with E-state index in [1.54, 1.807) is 12.1 Å². The lowest BCUT2D eigenvalue weighted by molar-refractivity contribution is 0.0327. The number of hydrogen-bond donors (Lipinski definition) is 3. The average molecular weight is 383 g/mol. The van der Waals surface area contributed by atoms with E-state index < -0.39 is 11.7 Å². The van der Waals surface area contributed by atoms with Crippen molar-refractivity contribution in [3.05, 3.63) is 58.9 Å². The summed E-state index contributed by atoms with van der Waals surface area (Å²) in [6.07, 6.45) is 3.09. The lowest BCUT2D eigenvalue weighted by atomic mass is 9.90. The Morgan fingerprint density at radius 2 is 1.75 bits per heavy atom. The van der Waals surface area contributed by atoms with Gasteiger partial charge in [0.05, 0.1) is 17.5 Å². The maximum Gasteiger partial charge on any atom is 0.133 e. The van der Waals surface area contributed by atoms with Crippen LogP contribution in [0.3, 0.4) is 0 Å². The van der Waals surface area contributed by atoms with Crippen molar-refractivity contribution in [2.24, 2.45) is 11.8 Å². The van der Waals surface area contributed by atoms with E-state index in [0.717, 1.165) is 32.4 Å². The summed E-state index contributed by atoms with van der Waals surface area (Å²) in [5, 5.41) is 31.0. The molecule has 5 nitrogen and oxygen atoms in total. The molecule has 3 N–H and O–H groups in total. The molecule has 4 rings (SSSR count). The van der Waals surface area contributed by atoms with Gasteiger partial charge >= 0.3 is 0 Å². The molecule has 0 bridgehead atoms. The third kappa shape index (κ3) is 4.22. The van der Waals surface area contributed by atoms with Crippen LogP contribution in [0.15, 0.2) is 36.5 Å². The minimum absolute atomic E-state index is 0.106. The Bertz CT molecular complexity index is 802. The number of benzene rings is 1. The maximum absolute atomic E-state index is 11.2. The van der Waals surface area contributed by atoms with Crippen LogP contribution in [0.2, 0.25) is 0 Å². The molecule has 1 aromatic heterocycles. The molecule has 2 heterocycles. The van der Waals surface area contributed by atoms with Crippen molar-refractivity contribution < 1.29 is 15.3 Å². The number of aromatic hydroxyl groups is 1. The maximum atomic E-state index is 11.2. The van der Waals surface area contributed by atoms with Crippen LogP contribution in [0.4, 0.5) is 0 Å². The summed E-state index contributed by atoms with van der Waals surface area (Å²) in [7, 11) is 0. The average Bonchev–Trinajstić information content (AvgIpc) is 3.08. The minimum atomic E-state index is -0.659. The zero-order valence-electron chi connectivity index (χ0n) is 16.7. The van der Waals surface area contributed by atoms with Gasteiger partial charge in [0.1, 0.15) is 11.9 Å². The van der Waals surface area contributed by atoms with E-state index in [4.69, 9.17) is 0 Å². The van der Waals surface area contributed by atoms with Crippen molar-refractivity contribution in [3.63, 3.8) is 0 Å². The highest BCUT2D eigenvalue weighted by atomic mass is 16.3. The molecule has 0 amide bonds. The Hall–Kier alpha value is -1.95. The number of rotatable bonds is 5. The van der Waals surface area contributed by atoms with Gasteiger partial charge in [-0.05, 0) is 56.2 Å². The van der Waals surface area contributed by atoms with Gasteiger partial charge in [-0.15, -0.1) is 0 Å². The molecule has 1 aromatic carbocycles. The number of aromatic nitrogens is 1. The molecule has 1 unspecified atom stereocenters. The number of likely N-dealkylation sites (tertiary alicyclic amines) is 1. The van der Waals surface area contributed by atoms with E-state index in [0.29, 0.717) is 24.1 Å². The number of aliphatic hydroxyl groups excluding tert-OH is 1. The first-order valence-electron chi connectivity index (χ1n) is 10.1. The summed E-state index contributed by atoms with van der Waals surface area (Å²) >= 11 is 0. The first-order chi connectivity index (χ1) is 13.3. The molecule has 1 aliphatic carbocycles. The van der Waals surface area contributed by atoms with Gasteiger partial charge in [0.25, 0.3) is 0 Å². The van der Waals surface area contributed by atoms with Crippen molar-refractivity contribution in [1.29, 1.82) is 0 Å². The van der Waals surface area contributed by atoms with Crippen LogP contribution in [0.5, 0.6) is 5.75 Å². The summed E-state index contributed by atoms with van der Waals surface area (Å²) in [6.45, 7) is 6.58. The third-order valence-corrected chi connectivity index (χ3v) is 6.29. The highest BCUT2D eigenvalue weighted by Gasteiger charge is 2.48. The quantitative estimate of drug-likeness (QED) is 0.741. The Labute approximate surface area is 166 Å². The first kappa shape index (κ1) is 19.4. The Balaban J connectivity index is 1.34. The zero-order valence-corrected chi connectivity index (χ0v) is 16.7. The van der Waals surface area contributed by atoms with E-state index >= 15 is 0 Å². The van der Waals surface area contributed by atoms with Gasteiger partial charge in [0.15, 0.2) is 0 Å². The summed E-state index contributed by atoms with van der Waals surface area (Å²) in [5.74, 6) is 1.07. The van der Waals surface area contributed by atoms with Crippen molar-refractivity contribution in [3.8, 4) is 5.75 Å². The molecule has 4 atom stereocenters. The molecule has 28 heavy (non-hydrogen) atoms. The summed E-state index contributed by atoms with van der Waals surface area (Å²) in [6, 6.07) is 9.76. The fraction of sp³-hybridized carbons (Fsp3) is 0.522. The molecule has 1 saturated carbocycles. The lowest BCUT2D eigenvalue weighted by Gasteiger charge is -2.27. The van der Waals surface area contributed by atoms with E-state index in [1.807, 2.05) is 0 Å². The van der Waals surface area contributed by atoms with Gasteiger partial charge in [0.2, 0.25) is 0 Å². The second kappa shape index (κ2) is 7.47. The van der Waals surface area contributed by atoms with Crippen LogP contribution in [-0.4, -0.2) is 50.4 Å². The fourth-order valence-corrected chi connectivity index (χ4v) is 5.33. The van der Waals surface area contributed by atoms with E-state index in [1.165, 1.54) is 22.9 Å². The normalized spacial score (nSPS) is 28.4. The minimum Gasteiger partial charge on any atom is -0.506 e. The van der Waals surface area contributed by atoms with Gasteiger partial charge in [-0.1, -0.05) is 29.3 Å². The SMILES string of the molecule is Cc1cc(C)cc(C[C@]2(O)C[C@H]3CN(CC(O)c4ccc(O)cn4)C[C@H]3C2)c1. The first-order valence-corrected chi connectivity index (χ1v) is 10.1. The summed E-state index contributed by atoms with van der Waals surface area (Å²) in [5.41, 5.74) is 3.70. The molecule has 1 aliphatic heterocycles. The monoisotopic (exact) mass is 382 g/mol. The van der Waals surface area contributed by atoms with Crippen molar-refractivity contribution >= 4 is 0 Å². The molecule has 1 saturated heterocycles. The third-order valence-electron chi connectivity index (χ3n) is 6.29. The van der Waals surface area contributed by atoms with Crippen LogP contribution in [-0.2, 0) is 6.42 Å². The van der Waals surface area contributed by atoms with Crippen molar-refractivity contribution in [2.75, 3.05) is 19.6 Å². The standard InChI is InChI=1S/C23H30N2O3/c1-15-5-16(2)7-17(6-15)8-23(28)9-18-12-25(13-19(18)10-23)14-22(27)21-4-3-20(26)11-24-21/h3-7,11,18-19,22,26-28H,8-10,12-14H2,1-2H3/t18-,19+,22?,23-. The molecule has 0 radical (unpaired) electrons. The summed E-state index contributed by atoms with van der Waals surface area (Å²) < 4.78 is 0. The van der Waals surface area contributed by atoms with Gasteiger partial charge in [0, 0.05) is 26.1 Å². The molecular formula is C23H30N2O3. The Morgan fingerprint density at radius 1 is 1.11 bits per heavy atom. The number of aryl methyl sites for hydroxylation is 2. The van der Waals surface area contributed by atoms with Gasteiger partial charge in [-0.2, -0.15) is 0 Å². The number of β-amino-alcohol motifs (C(OH)–C–C–N with tert-alkyl or cyclic N) is 1. The molecule has 2 aliphatic rings. The molecular weight excluding hydrogens is 352 g/mol. The van der Waals surface area contributed by atoms with Crippen LogP contribution < -0.4 is 0 Å². The number of nitrogens with zero attached hydrogens (tertiary/aromatic N) is 2.